The third-order valence-corrected chi connectivity index (χ3v) is 5.28. The predicted octanol–water partition coefficient (Wildman–Crippen LogP) is 4.00. The van der Waals surface area contributed by atoms with Gasteiger partial charge in [-0.2, -0.15) is 0 Å². The summed E-state index contributed by atoms with van der Waals surface area (Å²) in [7, 11) is 1.82. The van der Waals surface area contributed by atoms with Gasteiger partial charge in [0.2, 0.25) is 0 Å². The lowest BCUT2D eigenvalue weighted by Gasteiger charge is -2.23. The number of rotatable bonds is 5. The second-order valence-electron chi connectivity index (χ2n) is 5.14. The summed E-state index contributed by atoms with van der Waals surface area (Å²) < 4.78 is 0. The minimum Gasteiger partial charge on any atom is -0.332 e. The molecule has 0 aromatic carbocycles. The zero-order valence-electron chi connectivity index (χ0n) is 13.1. The number of hydrogen-bond donors (Lipinski definition) is 0. The van der Waals surface area contributed by atoms with Crippen LogP contribution in [0.25, 0.3) is 0 Å². The van der Waals surface area contributed by atoms with E-state index in [1.54, 1.807) is 27.6 Å². The molecule has 4 nitrogen and oxygen atoms in total. The molecule has 0 aliphatic carbocycles. The van der Waals surface area contributed by atoms with Crippen LogP contribution in [-0.2, 0) is 6.42 Å². The molecule has 6 heteroatoms. The van der Waals surface area contributed by atoms with E-state index in [4.69, 9.17) is 0 Å². The van der Waals surface area contributed by atoms with Gasteiger partial charge in [0, 0.05) is 17.3 Å². The fraction of sp³-hybridized carbons (Fsp3) is 0.533. The van der Waals surface area contributed by atoms with E-state index in [0.717, 1.165) is 28.6 Å². The van der Waals surface area contributed by atoms with Gasteiger partial charge in [-0.3, -0.25) is 4.79 Å². The van der Waals surface area contributed by atoms with Crippen LogP contribution in [0.4, 0.5) is 0 Å². The maximum atomic E-state index is 12.5. The molecule has 0 fully saturated rings. The highest BCUT2D eigenvalue weighted by molar-refractivity contribution is 7.11. The maximum Gasteiger partial charge on any atom is 0.273 e. The molecule has 0 spiro atoms. The molecule has 0 aliphatic rings. The van der Waals surface area contributed by atoms with Crippen LogP contribution in [0, 0.1) is 13.8 Å². The van der Waals surface area contributed by atoms with E-state index in [-0.39, 0.29) is 11.9 Å². The summed E-state index contributed by atoms with van der Waals surface area (Å²) in [4.78, 5) is 24.4. The molecule has 0 saturated heterocycles. The molecule has 0 radical (unpaired) electrons. The average molecular weight is 323 g/mol. The lowest BCUT2D eigenvalue weighted by Crippen LogP contribution is -2.30. The summed E-state index contributed by atoms with van der Waals surface area (Å²) in [6, 6.07) is -0.0428. The van der Waals surface area contributed by atoms with Crippen LogP contribution in [-0.4, -0.2) is 27.8 Å². The van der Waals surface area contributed by atoms with Crippen molar-refractivity contribution in [1.29, 1.82) is 0 Å². The van der Waals surface area contributed by atoms with Crippen LogP contribution in [0.1, 0.15) is 57.4 Å². The van der Waals surface area contributed by atoms with Crippen LogP contribution in [0.3, 0.4) is 0 Å². The molecular formula is C15H21N3OS2. The summed E-state index contributed by atoms with van der Waals surface area (Å²) in [5.41, 5.74) is 1.53. The Kier molecular flexibility index (Phi) is 5.11. The minimum atomic E-state index is -0.0428. The average Bonchev–Trinajstić information content (AvgIpc) is 3.03. The Labute approximate surface area is 133 Å². The van der Waals surface area contributed by atoms with E-state index >= 15 is 0 Å². The van der Waals surface area contributed by atoms with Crippen LogP contribution < -0.4 is 0 Å². The molecule has 0 aliphatic heterocycles. The molecule has 0 bridgehead atoms. The van der Waals surface area contributed by atoms with Gasteiger partial charge in [-0.05, 0) is 33.6 Å². The van der Waals surface area contributed by atoms with Crippen molar-refractivity contribution in [2.45, 2.75) is 46.6 Å². The van der Waals surface area contributed by atoms with E-state index in [9.17, 15) is 4.79 Å². The number of carbonyl (C=O) groups excluding carboxylic acids is 1. The molecule has 2 aromatic heterocycles. The molecule has 1 unspecified atom stereocenters. The standard InChI is InChI=1S/C15H21N3OS2/c1-6-7-13-17-12(8-20-13)15(19)18(5)9(2)14-10(3)21-11(4)16-14/h8-9H,6-7H2,1-5H3. The zero-order chi connectivity index (χ0) is 15.6. The van der Waals surface area contributed by atoms with Gasteiger partial charge in [-0.1, -0.05) is 6.92 Å². The van der Waals surface area contributed by atoms with Crippen molar-refractivity contribution in [3.63, 3.8) is 0 Å². The summed E-state index contributed by atoms with van der Waals surface area (Å²) in [5, 5.41) is 3.92. The molecule has 0 saturated carbocycles. The highest BCUT2D eigenvalue weighted by Crippen LogP contribution is 2.27. The van der Waals surface area contributed by atoms with Crippen molar-refractivity contribution in [1.82, 2.24) is 14.9 Å². The largest absolute Gasteiger partial charge is 0.332 e. The molecule has 2 aromatic rings. The van der Waals surface area contributed by atoms with Crippen LogP contribution in [0.2, 0.25) is 0 Å². The van der Waals surface area contributed by atoms with Crippen molar-refractivity contribution in [3.8, 4) is 0 Å². The molecule has 2 heterocycles. The Balaban J connectivity index is 2.16. The van der Waals surface area contributed by atoms with Gasteiger partial charge < -0.3 is 4.90 Å². The Morgan fingerprint density at radius 3 is 2.67 bits per heavy atom. The van der Waals surface area contributed by atoms with E-state index in [1.165, 1.54) is 4.88 Å². The second-order valence-corrected chi connectivity index (χ2v) is 7.49. The lowest BCUT2D eigenvalue weighted by molar-refractivity contribution is 0.0734. The van der Waals surface area contributed by atoms with E-state index in [1.807, 2.05) is 26.3 Å². The SMILES string of the molecule is CCCc1nc(C(=O)N(C)C(C)c2nc(C)sc2C)cs1. The number of aromatic nitrogens is 2. The van der Waals surface area contributed by atoms with E-state index in [0.29, 0.717) is 5.69 Å². The van der Waals surface area contributed by atoms with Gasteiger partial charge in [0.05, 0.1) is 21.8 Å². The maximum absolute atomic E-state index is 12.5. The fourth-order valence-corrected chi connectivity index (χ4v) is 3.99. The number of aryl methyl sites for hydroxylation is 3. The van der Waals surface area contributed by atoms with Crippen LogP contribution >= 0.6 is 22.7 Å². The van der Waals surface area contributed by atoms with Crippen molar-refractivity contribution in [2.75, 3.05) is 7.05 Å². The summed E-state index contributed by atoms with van der Waals surface area (Å²) in [5.74, 6) is -0.0360. The summed E-state index contributed by atoms with van der Waals surface area (Å²) in [6.07, 6.45) is 1.98. The van der Waals surface area contributed by atoms with Gasteiger partial charge >= 0.3 is 0 Å². The molecule has 114 valence electrons. The van der Waals surface area contributed by atoms with Crippen molar-refractivity contribution >= 4 is 28.6 Å². The van der Waals surface area contributed by atoms with Crippen LogP contribution in [0.15, 0.2) is 5.38 Å². The lowest BCUT2D eigenvalue weighted by atomic mass is 10.2. The summed E-state index contributed by atoms with van der Waals surface area (Å²) >= 11 is 3.23. The first-order valence-corrected chi connectivity index (χ1v) is 8.79. The van der Waals surface area contributed by atoms with Crippen molar-refractivity contribution in [2.24, 2.45) is 0 Å². The van der Waals surface area contributed by atoms with E-state index < -0.39 is 0 Å². The van der Waals surface area contributed by atoms with Gasteiger partial charge in [-0.25, -0.2) is 9.97 Å². The molecule has 0 N–H and O–H groups in total. The molecule has 1 amide bonds. The van der Waals surface area contributed by atoms with Gasteiger partial charge in [0.15, 0.2) is 0 Å². The first-order chi connectivity index (χ1) is 9.93. The van der Waals surface area contributed by atoms with Gasteiger partial charge in [0.25, 0.3) is 5.91 Å². The normalized spacial score (nSPS) is 12.4. The first-order valence-electron chi connectivity index (χ1n) is 7.09. The molecule has 2 rings (SSSR count). The number of hydrogen-bond acceptors (Lipinski definition) is 5. The predicted molar refractivity (Wildman–Crippen MR) is 88.2 cm³/mol. The summed E-state index contributed by atoms with van der Waals surface area (Å²) in [6.45, 7) is 8.17. The van der Waals surface area contributed by atoms with E-state index in [2.05, 4.69) is 23.8 Å². The van der Waals surface area contributed by atoms with Gasteiger partial charge in [-0.15, -0.1) is 22.7 Å². The quantitative estimate of drug-likeness (QED) is 0.835. The van der Waals surface area contributed by atoms with Crippen molar-refractivity contribution in [3.05, 3.63) is 31.7 Å². The first kappa shape index (κ1) is 16.1. The Morgan fingerprint density at radius 2 is 2.10 bits per heavy atom. The Morgan fingerprint density at radius 1 is 1.38 bits per heavy atom. The molecule has 1 atom stereocenters. The smallest absolute Gasteiger partial charge is 0.273 e. The zero-order valence-corrected chi connectivity index (χ0v) is 14.8. The number of thiazole rings is 2. The van der Waals surface area contributed by atoms with Gasteiger partial charge in [0.1, 0.15) is 5.69 Å². The highest BCUT2D eigenvalue weighted by Gasteiger charge is 2.24. The Bertz CT molecular complexity index is 633. The fourth-order valence-electron chi connectivity index (χ4n) is 2.21. The number of amides is 1. The number of nitrogens with zero attached hydrogens (tertiary/aromatic N) is 3. The Hall–Kier alpha value is -1.27. The topological polar surface area (TPSA) is 46.1 Å². The van der Waals surface area contributed by atoms with Crippen LogP contribution in [0.5, 0.6) is 0 Å². The minimum absolute atomic E-state index is 0.0360. The molecule has 21 heavy (non-hydrogen) atoms. The monoisotopic (exact) mass is 323 g/mol. The second kappa shape index (κ2) is 6.66. The third-order valence-electron chi connectivity index (χ3n) is 3.47. The highest BCUT2D eigenvalue weighted by atomic mass is 32.1. The third kappa shape index (κ3) is 3.49. The molecular weight excluding hydrogens is 302 g/mol. The number of carbonyl (C=O) groups is 1. The van der Waals surface area contributed by atoms with Crippen molar-refractivity contribution < 1.29 is 4.79 Å².